The van der Waals surface area contributed by atoms with Gasteiger partial charge in [0.25, 0.3) is 0 Å². The number of rotatable bonds is 3. The Balaban J connectivity index is 2.29. The largest absolute Gasteiger partial charge is 0.384 e. The SMILES string of the molecule is CCCNc1c2c(nc3c(F)ccc(Cl)c13)CCCCC2. The van der Waals surface area contributed by atoms with Gasteiger partial charge in [-0.2, -0.15) is 0 Å². The van der Waals surface area contributed by atoms with Crippen molar-refractivity contribution in [3.63, 3.8) is 0 Å². The van der Waals surface area contributed by atoms with E-state index in [-0.39, 0.29) is 5.82 Å². The Morgan fingerprint density at radius 1 is 1.24 bits per heavy atom. The summed E-state index contributed by atoms with van der Waals surface area (Å²) in [6.45, 7) is 2.98. The van der Waals surface area contributed by atoms with Crippen molar-refractivity contribution in [1.29, 1.82) is 0 Å². The zero-order valence-corrected chi connectivity index (χ0v) is 13.1. The van der Waals surface area contributed by atoms with Crippen LogP contribution in [0.4, 0.5) is 10.1 Å². The third-order valence-corrected chi connectivity index (χ3v) is 4.43. The van der Waals surface area contributed by atoms with Crippen LogP contribution in [0, 0.1) is 5.82 Å². The zero-order chi connectivity index (χ0) is 14.8. The summed E-state index contributed by atoms with van der Waals surface area (Å²) < 4.78 is 14.2. The Morgan fingerprint density at radius 2 is 2.05 bits per heavy atom. The van der Waals surface area contributed by atoms with E-state index in [4.69, 9.17) is 11.6 Å². The first-order valence-electron chi connectivity index (χ1n) is 7.75. The molecule has 1 aliphatic carbocycles. The Hall–Kier alpha value is -1.35. The Bertz CT molecular complexity index is 670. The number of pyridine rings is 1. The number of nitrogens with zero attached hydrogens (tertiary/aromatic N) is 1. The van der Waals surface area contributed by atoms with E-state index in [1.165, 1.54) is 18.1 Å². The summed E-state index contributed by atoms with van der Waals surface area (Å²) in [5.74, 6) is -0.291. The molecular weight excluding hydrogens is 287 g/mol. The van der Waals surface area contributed by atoms with Crippen LogP contribution in [0.25, 0.3) is 10.9 Å². The molecule has 21 heavy (non-hydrogen) atoms. The van der Waals surface area contributed by atoms with Gasteiger partial charge in [-0.15, -0.1) is 0 Å². The van der Waals surface area contributed by atoms with Crippen molar-refractivity contribution in [2.45, 2.75) is 45.4 Å². The highest BCUT2D eigenvalue weighted by molar-refractivity contribution is 6.36. The maximum atomic E-state index is 14.2. The summed E-state index contributed by atoms with van der Waals surface area (Å²) in [5, 5.41) is 4.79. The first-order chi connectivity index (χ1) is 10.2. The van der Waals surface area contributed by atoms with Gasteiger partial charge in [-0.1, -0.05) is 24.9 Å². The number of aromatic nitrogens is 1. The van der Waals surface area contributed by atoms with Crippen LogP contribution in [0.5, 0.6) is 0 Å². The van der Waals surface area contributed by atoms with Crippen molar-refractivity contribution in [3.8, 4) is 0 Å². The number of benzene rings is 1. The van der Waals surface area contributed by atoms with Crippen LogP contribution < -0.4 is 5.32 Å². The highest BCUT2D eigenvalue weighted by Gasteiger charge is 2.20. The zero-order valence-electron chi connectivity index (χ0n) is 12.3. The Labute approximate surface area is 129 Å². The number of hydrogen-bond donors (Lipinski definition) is 1. The second-order valence-electron chi connectivity index (χ2n) is 5.65. The number of aryl methyl sites for hydroxylation is 1. The lowest BCUT2D eigenvalue weighted by atomic mass is 10.0. The predicted molar refractivity (Wildman–Crippen MR) is 86.8 cm³/mol. The molecule has 0 spiro atoms. The van der Waals surface area contributed by atoms with Crippen LogP contribution in [-0.2, 0) is 12.8 Å². The van der Waals surface area contributed by atoms with Crippen molar-refractivity contribution in [2.24, 2.45) is 0 Å². The summed E-state index contributed by atoms with van der Waals surface area (Å²) in [5.41, 5.74) is 3.69. The molecule has 112 valence electrons. The van der Waals surface area contributed by atoms with Crippen LogP contribution >= 0.6 is 11.6 Å². The van der Waals surface area contributed by atoms with E-state index >= 15 is 0 Å². The summed E-state index contributed by atoms with van der Waals surface area (Å²) in [6.07, 6.45) is 6.44. The van der Waals surface area contributed by atoms with E-state index in [2.05, 4.69) is 17.2 Å². The first kappa shape index (κ1) is 14.6. The molecule has 0 amide bonds. The summed E-state index contributed by atoms with van der Waals surface area (Å²) in [7, 11) is 0. The van der Waals surface area contributed by atoms with Crippen molar-refractivity contribution in [1.82, 2.24) is 4.98 Å². The molecule has 0 aliphatic heterocycles. The van der Waals surface area contributed by atoms with E-state index in [1.54, 1.807) is 6.07 Å². The third kappa shape index (κ3) is 2.71. The number of halogens is 2. The van der Waals surface area contributed by atoms with Crippen LogP contribution in [0.15, 0.2) is 12.1 Å². The fourth-order valence-corrected chi connectivity index (χ4v) is 3.33. The molecule has 0 bridgehead atoms. The van der Waals surface area contributed by atoms with Gasteiger partial charge in [0, 0.05) is 17.6 Å². The Morgan fingerprint density at radius 3 is 2.86 bits per heavy atom. The molecule has 1 aromatic carbocycles. The average Bonchev–Trinajstić information content (AvgIpc) is 2.73. The number of hydrogen-bond acceptors (Lipinski definition) is 2. The van der Waals surface area contributed by atoms with Crippen molar-refractivity contribution in [2.75, 3.05) is 11.9 Å². The lowest BCUT2D eigenvalue weighted by Crippen LogP contribution is -2.08. The van der Waals surface area contributed by atoms with Crippen molar-refractivity contribution < 1.29 is 4.39 Å². The normalized spacial score (nSPS) is 14.8. The highest BCUT2D eigenvalue weighted by Crippen LogP contribution is 2.37. The lowest BCUT2D eigenvalue weighted by Gasteiger charge is -2.18. The van der Waals surface area contributed by atoms with Gasteiger partial charge >= 0.3 is 0 Å². The van der Waals surface area contributed by atoms with Crippen molar-refractivity contribution in [3.05, 3.63) is 34.2 Å². The highest BCUT2D eigenvalue weighted by atomic mass is 35.5. The smallest absolute Gasteiger partial charge is 0.149 e. The molecule has 0 radical (unpaired) electrons. The van der Waals surface area contributed by atoms with Crippen LogP contribution in [-0.4, -0.2) is 11.5 Å². The van der Waals surface area contributed by atoms with Gasteiger partial charge < -0.3 is 5.32 Å². The van der Waals surface area contributed by atoms with E-state index in [0.29, 0.717) is 10.5 Å². The molecule has 0 fully saturated rings. The van der Waals surface area contributed by atoms with E-state index < -0.39 is 0 Å². The maximum Gasteiger partial charge on any atom is 0.149 e. The molecular formula is C17H20ClFN2. The van der Waals surface area contributed by atoms with E-state index in [1.807, 2.05) is 0 Å². The minimum Gasteiger partial charge on any atom is -0.384 e. The Kier molecular flexibility index (Phi) is 4.29. The van der Waals surface area contributed by atoms with Crippen LogP contribution in [0.1, 0.15) is 43.9 Å². The number of anilines is 1. The molecule has 1 N–H and O–H groups in total. The molecule has 3 rings (SSSR count). The quantitative estimate of drug-likeness (QED) is 0.796. The van der Waals surface area contributed by atoms with E-state index in [0.717, 1.165) is 55.4 Å². The van der Waals surface area contributed by atoms with Gasteiger partial charge in [0.2, 0.25) is 0 Å². The molecule has 1 heterocycles. The van der Waals surface area contributed by atoms with Crippen LogP contribution in [0.2, 0.25) is 5.02 Å². The number of nitrogens with one attached hydrogen (secondary N) is 1. The predicted octanol–water partition coefficient (Wildman–Crippen LogP) is 5.12. The van der Waals surface area contributed by atoms with Gasteiger partial charge in [0.05, 0.1) is 10.7 Å². The molecule has 0 unspecified atom stereocenters. The molecule has 2 aromatic rings. The third-order valence-electron chi connectivity index (χ3n) is 4.12. The molecule has 0 atom stereocenters. The minimum absolute atomic E-state index is 0.291. The monoisotopic (exact) mass is 306 g/mol. The fourth-order valence-electron chi connectivity index (χ4n) is 3.08. The minimum atomic E-state index is -0.291. The summed E-state index contributed by atoms with van der Waals surface area (Å²) >= 11 is 6.35. The number of fused-ring (bicyclic) bond motifs is 2. The molecule has 2 nitrogen and oxygen atoms in total. The summed E-state index contributed by atoms with van der Waals surface area (Å²) in [4.78, 5) is 4.61. The molecule has 0 saturated heterocycles. The van der Waals surface area contributed by atoms with Gasteiger partial charge in [-0.05, 0) is 49.8 Å². The van der Waals surface area contributed by atoms with Gasteiger partial charge in [-0.25, -0.2) is 9.37 Å². The van der Waals surface area contributed by atoms with Crippen molar-refractivity contribution >= 4 is 28.2 Å². The second-order valence-corrected chi connectivity index (χ2v) is 6.06. The first-order valence-corrected chi connectivity index (χ1v) is 8.13. The standard InChI is InChI=1S/C17H20ClFN2/c1-2-10-20-16-11-6-4-3-5-7-14(11)21-17-13(19)9-8-12(18)15(16)17/h8-9H,2-7,10H2,1H3,(H,20,21). The van der Waals surface area contributed by atoms with Gasteiger partial charge in [-0.3, -0.25) is 0 Å². The topological polar surface area (TPSA) is 24.9 Å². The average molecular weight is 307 g/mol. The molecule has 1 aliphatic rings. The molecule has 0 saturated carbocycles. The fraction of sp³-hybridized carbons (Fsp3) is 0.471. The van der Waals surface area contributed by atoms with Gasteiger partial charge in [0.1, 0.15) is 11.3 Å². The van der Waals surface area contributed by atoms with Crippen LogP contribution in [0.3, 0.4) is 0 Å². The molecule has 1 aromatic heterocycles. The summed E-state index contributed by atoms with van der Waals surface area (Å²) in [6, 6.07) is 3.03. The maximum absolute atomic E-state index is 14.2. The van der Waals surface area contributed by atoms with Gasteiger partial charge in [0.15, 0.2) is 0 Å². The lowest BCUT2D eigenvalue weighted by molar-refractivity contribution is 0.636. The van der Waals surface area contributed by atoms with E-state index in [9.17, 15) is 4.39 Å². The molecule has 4 heteroatoms. The second kappa shape index (κ2) is 6.18.